The van der Waals surface area contributed by atoms with Crippen LogP contribution in [0.15, 0.2) is 74.4 Å². The molecule has 0 unspecified atom stereocenters. The molecule has 0 amide bonds. The molecule has 0 rings (SSSR count). The van der Waals surface area contributed by atoms with Crippen LogP contribution in [0, 0.1) is 0 Å². The number of rotatable bonds is 23. The molecule has 0 atom stereocenters. The molecule has 0 aliphatic rings. The molecule has 0 spiro atoms. The zero-order valence-corrected chi connectivity index (χ0v) is 19.0. The van der Waals surface area contributed by atoms with Gasteiger partial charge in [0.15, 0.2) is 0 Å². The van der Waals surface area contributed by atoms with Gasteiger partial charge in [-0.05, 0) is 57.8 Å². The minimum Gasteiger partial charge on any atom is -0.375 e. The Kier molecular flexibility index (Phi) is 23.9. The van der Waals surface area contributed by atoms with Crippen molar-refractivity contribution >= 4 is 0 Å². The second kappa shape index (κ2) is 25.4. The minimum atomic E-state index is -0.0637. The summed E-state index contributed by atoms with van der Waals surface area (Å²) in [5, 5.41) is 0. The highest BCUT2D eigenvalue weighted by Gasteiger charge is 2.08. The number of ether oxygens (including phenoxy) is 3. The first-order valence-electron chi connectivity index (χ1n) is 11.4. The number of hydrogen-bond donors (Lipinski definition) is 0. The number of allylic oxidation sites excluding steroid dienone is 6. The predicted molar refractivity (Wildman–Crippen MR) is 131 cm³/mol. The molecule has 3 heteroatoms. The molecule has 0 aromatic rings. The van der Waals surface area contributed by atoms with Gasteiger partial charge in [0.05, 0.1) is 33.0 Å². The smallest absolute Gasteiger partial charge is 0.105 e. The summed E-state index contributed by atoms with van der Waals surface area (Å²) in [5.41, 5.74) is 0. The monoisotopic (exact) mass is 416 g/mol. The van der Waals surface area contributed by atoms with Crippen LogP contribution in [0.4, 0.5) is 0 Å². The van der Waals surface area contributed by atoms with Gasteiger partial charge in [0.25, 0.3) is 0 Å². The number of hydrogen-bond acceptors (Lipinski definition) is 3. The van der Waals surface area contributed by atoms with E-state index in [1.165, 1.54) is 0 Å². The van der Waals surface area contributed by atoms with Gasteiger partial charge in [-0.1, -0.05) is 54.7 Å². The Labute approximate surface area is 185 Å². The summed E-state index contributed by atoms with van der Waals surface area (Å²) in [7, 11) is 0. The molecule has 0 saturated heterocycles. The molecule has 0 aliphatic heterocycles. The standard InChI is InChI=1S/C27H44O3/c1-4-7-10-13-16-19-22-28-25-27(30-24-21-18-15-12-9-6-3)26-29-23-20-17-14-11-8-5-2/h4-6,16-21,27H,1-3,7-15,22-26H2. The summed E-state index contributed by atoms with van der Waals surface area (Å²) >= 11 is 0. The molecule has 170 valence electrons. The highest BCUT2D eigenvalue weighted by atomic mass is 16.6. The third kappa shape index (κ3) is 22.6. The Balaban J connectivity index is 4.09. The van der Waals surface area contributed by atoms with Crippen molar-refractivity contribution in [3.63, 3.8) is 0 Å². The Morgan fingerprint density at radius 3 is 1.30 bits per heavy atom. The average molecular weight is 417 g/mol. The van der Waals surface area contributed by atoms with E-state index in [9.17, 15) is 0 Å². The lowest BCUT2D eigenvalue weighted by molar-refractivity contribution is -0.0430. The highest BCUT2D eigenvalue weighted by molar-refractivity contribution is 4.85. The predicted octanol–water partition coefficient (Wildman–Crippen LogP) is 7.14. The molecule has 0 bridgehead atoms. The fraction of sp³-hybridized carbons (Fsp3) is 0.556. The van der Waals surface area contributed by atoms with Gasteiger partial charge in [0.1, 0.15) is 6.10 Å². The molecule has 0 heterocycles. The van der Waals surface area contributed by atoms with Gasteiger partial charge in [-0.2, -0.15) is 0 Å². The molecule has 0 aromatic carbocycles. The molecule has 0 radical (unpaired) electrons. The normalized spacial score (nSPS) is 12.8. The van der Waals surface area contributed by atoms with E-state index < -0.39 is 0 Å². The Morgan fingerprint density at radius 2 is 0.900 bits per heavy atom. The first-order chi connectivity index (χ1) is 14.8. The zero-order chi connectivity index (χ0) is 22.0. The molecule has 30 heavy (non-hydrogen) atoms. The van der Waals surface area contributed by atoms with Crippen LogP contribution < -0.4 is 0 Å². The van der Waals surface area contributed by atoms with Crippen molar-refractivity contribution in [2.75, 3.05) is 33.0 Å². The van der Waals surface area contributed by atoms with E-state index in [0.29, 0.717) is 33.0 Å². The second-order valence-corrected chi connectivity index (χ2v) is 7.10. The summed E-state index contributed by atoms with van der Waals surface area (Å²) in [6, 6.07) is 0. The van der Waals surface area contributed by atoms with Crippen LogP contribution in [0.25, 0.3) is 0 Å². The fourth-order valence-electron chi connectivity index (χ4n) is 2.57. The highest BCUT2D eigenvalue weighted by Crippen LogP contribution is 2.01. The van der Waals surface area contributed by atoms with E-state index in [2.05, 4.69) is 56.2 Å². The van der Waals surface area contributed by atoms with Crippen LogP contribution in [0.5, 0.6) is 0 Å². The Hall–Kier alpha value is -1.68. The first-order valence-corrected chi connectivity index (χ1v) is 11.4. The lowest BCUT2D eigenvalue weighted by Crippen LogP contribution is -2.26. The lowest BCUT2D eigenvalue weighted by atomic mass is 10.2. The summed E-state index contributed by atoms with van der Waals surface area (Å²) in [5.74, 6) is 0. The minimum absolute atomic E-state index is 0.0637. The van der Waals surface area contributed by atoms with Gasteiger partial charge in [-0.3, -0.25) is 0 Å². The van der Waals surface area contributed by atoms with Crippen molar-refractivity contribution in [3.8, 4) is 0 Å². The molecule has 0 saturated carbocycles. The van der Waals surface area contributed by atoms with Gasteiger partial charge in [-0.15, -0.1) is 19.7 Å². The largest absolute Gasteiger partial charge is 0.375 e. The maximum atomic E-state index is 5.94. The van der Waals surface area contributed by atoms with E-state index >= 15 is 0 Å². The van der Waals surface area contributed by atoms with E-state index in [0.717, 1.165) is 57.8 Å². The molecule has 0 aliphatic carbocycles. The van der Waals surface area contributed by atoms with Crippen molar-refractivity contribution in [1.29, 1.82) is 0 Å². The molecular weight excluding hydrogens is 372 g/mol. The van der Waals surface area contributed by atoms with Crippen molar-refractivity contribution in [2.24, 2.45) is 0 Å². The van der Waals surface area contributed by atoms with E-state index in [1.54, 1.807) is 0 Å². The summed E-state index contributed by atoms with van der Waals surface area (Å²) in [6.07, 6.45) is 28.3. The maximum absolute atomic E-state index is 5.94. The molecule has 0 fully saturated rings. The molecule has 0 aromatic heterocycles. The zero-order valence-electron chi connectivity index (χ0n) is 19.0. The van der Waals surface area contributed by atoms with Crippen molar-refractivity contribution in [3.05, 3.63) is 74.4 Å². The second-order valence-electron chi connectivity index (χ2n) is 7.10. The van der Waals surface area contributed by atoms with Crippen LogP contribution in [-0.4, -0.2) is 39.1 Å². The Bertz CT molecular complexity index is 446. The Morgan fingerprint density at radius 1 is 0.500 bits per heavy atom. The van der Waals surface area contributed by atoms with Crippen LogP contribution in [0.2, 0.25) is 0 Å². The van der Waals surface area contributed by atoms with Crippen molar-refractivity contribution in [2.45, 2.75) is 63.9 Å². The van der Waals surface area contributed by atoms with E-state index in [4.69, 9.17) is 14.2 Å². The van der Waals surface area contributed by atoms with Gasteiger partial charge in [-0.25, -0.2) is 0 Å². The fourth-order valence-corrected chi connectivity index (χ4v) is 2.57. The maximum Gasteiger partial charge on any atom is 0.105 e. The third-order valence-electron chi connectivity index (χ3n) is 4.30. The van der Waals surface area contributed by atoms with Gasteiger partial charge < -0.3 is 14.2 Å². The lowest BCUT2D eigenvalue weighted by Gasteiger charge is -2.16. The van der Waals surface area contributed by atoms with Crippen molar-refractivity contribution < 1.29 is 14.2 Å². The topological polar surface area (TPSA) is 27.7 Å². The van der Waals surface area contributed by atoms with Crippen LogP contribution in [0.1, 0.15) is 57.8 Å². The van der Waals surface area contributed by atoms with Crippen LogP contribution in [-0.2, 0) is 14.2 Å². The molecule has 3 nitrogen and oxygen atoms in total. The average Bonchev–Trinajstić information content (AvgIpc) is 2.76. The summed E-state index contributed by atoms with van der Waals surface area (Å²) in [4.78, 5) is 0. The van der Waals surface area contributed by atoms with Crippen LogP contribution >= 0.6 is 0 Å². The van der Waals surface area contributed by atoms with E-state index in [-0.39, 0.29) is 6.10 Å². The third-order valence-corrected chi connectivity index (χ3v) is 4.30. The van der Waals surface area contributed by atoms with Crippen LogP contribution in [0.3, 0.4) is 0 Å². The summed E-state index contributed by atoms with van der Waals surface area (Å²) in [6.45, 7) is 14.1. The first kappa shape index (κ1) is 28.3. The molecule has 0 N–H and O–H groups in total. The molecular formula is C27H44O3. The van der Waals surface area contributed by atoms with Crippen molar-refractivity contribution in [1.82, 2.24) is 0 Å². The SMILES string of the molecule is C=CCCCC=CCOCC(COCC=CCCCC=C)OCC=CCCCC=C. The van der Waals surface area contributed by atoms with Gasteiger partial charge in [0.2, 0.25) is 0 Å². The summed E-state index contributed by atoms with van der Waals surface area (Å²) < 4.78 is 17.5. The van der Waals surface area contributed by atoms with E-state index in [1.807, 2.05) is 18.2 Å². The van der Waals surface area contributed by atoms with Gasteiger partial charge >= 0.3 is 0 Å². The quantitative estimate of drug-likeness (QED) is 0.131. The van der Waals surface area contributed by atoms with Gasteiger partial charge in [0, 0.05) is 0 Å². The number of unbranched alkanes of at least 4 members (excludes halogenated alkanes) is 6.